The lowest BCUT2D eigenvalue weighted by molar-refractivity contribution is -0.385. The summed E-state index contributed by atoms with van der Waals surface area (Å²) in [7, 11) is 0. The summed E-state index contributed by atoms with van der Waals surface area (Å²) in [5.74, 6) is 0. The summed E-state index contributed by atoms with van der Waals surface area (Å²) in [6, 6.07) is 5.92. The fraction of sp³-hybridized carbons (Fsp3) is 0.611. The van der Waals surface area contributed by atoms with Crippen molar-refractivity contribution in [3.05, 3.63) is 39.9 Å². The summed E-state index contributed by atoms with van der Waals surface area (Å²) >= 11 is 0. The van der Waals surface area contributed by atoms with Gasteiger partial charge in [-0.05, 0) is 58.7 Å². The Balaban J connectivity index is 2.34. The molecule has 0 spiro atoms. The van der Waals surface area contributed by atoms with Crippen molar-refractivity contribution in [1.82, 2.24) is 9.80 Å². The van der Waals surface area contributed by atoms with E-state index in [1.807, 2.05) is 20.8 Å². The van der Waals surface area contributed by atoms with Crippen LogP contribution in [0.1, 0.15) is 51.6 Å². The van der Waals surface area contributed by atoms with E-state index in [2.05, 4.69) is 4.90 Å². The lowest BCUT2D eigenvalue weighted by Crippen LogP contribution is -2.47. The van der Waals surface area contributed by atoms with Gasteiger partial charge in [-0.2, -0.15) is 0 Å². The van der Waals surface area contributed by atoms with Gasteiger partial charge >= 0.3 is 6.09 Å². The molecule has 1 N–H and O–H groups in total. The Hall–Kier alpha value is -2.15. The molecule has 25 heavy (non-hydrogen) atoms. The maximum Gasteiger partial charge on any atom is 0.408 e. The van der Waals surface area contributed by atoms with Crippen LogP contribution < -0.4 is 0 Å². The molecule has 1 amide bonds. The summed E-state index contributed by atoms with van der Waals surface area (Å²) in [5.41, 5.74) is 0.0558. The van der Waals surface area contributed by atoms with Gasteiger partial charge in [0.15, 0.2) is 0 Å². The van der Waals surface area contributed by atoms with Crippen LogP contribution in [0.3, 0.4) is 0 Å². The van der Waals surface area contributed by atoms with Crippen molar-refractivity contribution < 1.29 is 14.8 Å². The first kappa shape index (κ1) is 19.2. The Morgan fingerprint density at radius 1 is 1.36 bits per heavy atom. The van der Waals surface area contributed by atoms with E-state index >= 15 is 0 Å². The Kier molecular flexibility index (Phi) is 6.00. The molecule has 1 atom stereocenters. The van der Waals surface area contributed by atoms with Crippen LogP contribution in [0.25, 0.3) is 0 Å². The van der Waals surface area contributed by atoms with Gasteiger partial charge in [0.25, 0.3) is 5.69 Å². The predicted molar refractivity (Wildman–Crippen MR) is 95.7 cm³/mol. The molecular formula is C18H27N3O4. The van der Waals surface area contributed by atoms with Crippen LogP contribution in [0, 0.1) is 10.1 Å². The predicted octanol–water partition coefficient (Wildman–Crippen LogP) is 3.90. The van der Waals surface area contributed by atoms with Crippen LogP contribution in [0.4, 0.5) is 10.5 Å². The van der Waals surface area contributed by atoms with Gasteiger partial charge < -0.3 is 10.0 Å². The van der Waals surface area contributed by atoms with E-state index in [9.17, 15) is 20.0 Å². The number of likely N-dealkylation sites (tertiary alicyclic amines) is 1. The Morgan fingerprint density at radius 3 is 2.52 bits per heavy atom. The van der Waals surface area contributed by atoms with Crippen molar-refractivity contribution in [3.8, 4) is 0 Å². The SMILES string of the molecule is CC(C)(C)N(C(=O)O)C(CCN1CCCC1)c1cccc([N+](=O)[O-])c1. The number of rotatable bonds is 6. The third-order valence-corrected chi connectivity index (χ3v) is 4.62. The van der Waals surface area contributed by atoms with E-state index in [-0.39, 0.29) is 5.69 Å². The van der Waals surface area contributed by atoms with Crippen LogP contribution in [0.5, 0.6) is 0 Å². The second-order valence-corrected chi connectivity index (χ2v) is 7.53. The topological polar surface area (TPSA) is 86.9 Å². The van der Waals surface area contributed by atoms with Gasteiger partial charge in [0.1, 0.15) is 0 Å². The highest BCUT2D eigenvalue weighted by Crippen LogP contribution is 2.33. The molecule has 1 fully saturated rings. The van der Waals surface area contributed by atoms with E-state index in [1.54, 1.807) is 12.1 Å². The highest BCUT2D eigenvalue weighted by atomic mass is 16.6. The number of carboxylic acid groups (broad SMARTS) is 1. The molecule has 0 radical (unpaired) electrons. The van der Waals surface area contributed by atoms with Gasteiger partial charge in [-0.3, -0.25) is 15.0 Å². The maximum atomic E-state index is 12.0. The molecule has 1 aliphatic rings. The number of amides is 1. The number of benzene rings is 1. The minimum absolute atomic E-state index is 0.0112. The summed E-state index contributed by atoms with van der Waals surface area (Å²) in [6.07, 6.45) is 1.95. The third kappa shape index (κ3) is 4.92. The van der Waals surface area contributed by atoms with Gasteiger partial charge in [-0.1, -0.05) is 12.1 Å². The molecule has 1 aliphatic heterocycles. The van der Waals surface area contributed by atoms with Gasteiger partial charge in [-0.25, -0.2) is 4.79 Å². The zero-order chi connectivity index (χ0) is 18.6. The molecule has 7 heteroatoms. The first-order valence-electron chi connectivity index (χ1n) is 8.69. The monoisotopic (exact) mass is 349 g/mol. The maximum absolute atomic E-state index is 12.0. The summed E-state index contributed by atoms with van der Waals surface area (Å²) < 4.78 is 0. The van der Waals surface area contributed by atoms with Gasteiger partial charge in [0.05, 0.1) is 11.0 Å². The third-order valence-electron chi connectivity index (χ3n) is 4.62. The minimum Gasteiger partial charge on any atom is -0.465 e. The van der Waals surface area contributed by atoms with E-state index < -0.39 is 22.6 Å². The van der Waals surface area contributed by atoms with Crippen molar-refractivity contribution in [2.45, 2.75) is 51.6 Å². The van der Waals surface area contributed by atoms with Crippen LogP contribution in [0.2, 0.25) is 0 Å². The zero-order valence-corrected chi connectivity index (χ0v) is 15.1. The van der Waals surface area contributed by atoms with Crippen LogP contribution in [-0.2, 0) is 0 Å². The minimum atomic E-state index is -1.01. The summed E-state index contributed by atoms with van der Waals surface area (Å²) in [4.78, 5) is 26.4. The number of nitro benzene ring substituents is 1. The molecule has 1 aromatic carbocycles. The molecule has 138 valence electrons. The molecule has 0 saturated carbocycles. The highest BCUT2D eigenvalue weighted by molar-refractivity contribution is 5.67. The standard InChI is InChI=1S/C18H27N3O4/c1-18(2,3)20(17(22)23)16(9-12-19-10-4-5-11-19)14-7-6-8-15(13-14)21(24)25/h6-8,13,16H,4-5,9-12H2,1-3H3,(H,22,23). The van der Waals surface area contributed by atoms with E-state index in [1.165, 1.54) is 29.9 Å². The first-order chi connectivity index (χ1) is 11.7. The number of carbonyl (C=O) groups is 1. The molecule has 7 nitrogen and oxygen atoms in total. The largest absolute Gasteiger partial charge is 0.465 e. The Morgan fingerprint density at radius 2 is 2.00 bits per heavy atom. The number of non-ortho nitro benzene ring substituents is 1. The smallest absolute Gasteiger partial charge is 0.408 e. The van der Waals surface area contributed by atoms with Crippen LogP contribution in [-0.4, -0.2) is 51.1 Å². The Labute approximate surface area is 148 Å². The first-order valence-corrected chi connectivity index (χ1v) is 8.69. The van der Waals surface area contributed by atoms with Crippen molar-refractivity contribution in [2.75, 3.05) is 19.6 Å². The van der Waals surface area contributed by atoms with E-state index in [0.717, 1.165) is 19.6 Å². The van der Waals surface area contributed by atoms with Crippen molar-refractivity contribution >= 4 is 11.8 Å². The summed E-state index contributed by atoms with van der Waals surface area (Å²) in [5, 5.41) is 20.9. The highest BCUT2D eigenvalue weighted by Gasteiger charge is 2.35. The molecule has 1 saturated heterocycles. The quantitative estimate of drug-likeness (QED) is 0.622. The van der Waals surface area contributed by atoms with Crippen LogP contribution >= 0.6 is 0 Å². The average molecular weight is 349 g/mol. The Bertz CT molecular complexity index is 621. The number of nitro groups is 1. The van der Waals surface area contributed by atoms with E-state index in [4.69, 9.17) is 0 Å². The molecular weight excluding hydrogens is 322 g/mol. The fourth-order valence-electron chi connectivity index (χ4n) is 3.49. The molecule has 1 unspecified atom stereocenters. The molecule has 0 aliphatic carbocycles. The molecule has 0 bridgehead atoms. The normalized spacial score (nSPS) is 16.6. The fourth-order valence-corrected chi connectivity index (χ4v) is 3.49. The van der Waals surface area contributed by atoms with Crippen LogP contribution in [0.15, 0.2) is 24.3 Å². The van der Waals surface area contributed by atoms with Gasteiger partial charge in [-0.15, -0.1) is 0 Å². The van der Waals surface area contributed by atoms with E-state index in [0.29, 0.717) is 12.0 Å². The van der Waals surface area contributed by atoms with Gasteiger partial charge in [0.2, 0.25) is 0 Å². The van der Waals surface area contributed by atoms with Crippen molar-refractivity contribution in [2.24, 2.45) is 0 Å². The molecule has 0 aromatic heterocycles. The average Bonchev–Trinajstić information content (AvgIpc) is 3.03. The van der Waals surface area contributed by atoms with Crippen molar-refractivity contribution in [3.63, 3.8) is 0 Å². The number of nitrogens with zero attached hydrogens (tertiary/aromatic N) is 3. The number of hydrogen-bond acceptors (Lipinski definition) is 4. The molecule has 1 aromatic rings. The lowest BCUT2D eigenvalue weighted by atomic mass is 9.95. The van der Waals surface area contributed by atoms with Gasteiger partial charge in [0, 0.05) is 24.2 Å². The number of hydrogen-bond donors (Lipinski definition) is 1. The zero-order valence-electron chi connectivity index (χ0n) is 15.1. The summed E-state index contributed by atoms with van der Waals surface area (Å²) in [6.45, 7) is 8.39. The molecule has 2 rings (SSSR count). The van der Waals surface area contributed by atoms with Crippen molar-refractivity contribution in [1.29, 1.82) is 0 Å². The lowest BCUT2D eigenvalue weighted by Gasteiger charge is -2.40. The second kappa shape index (κ2) is 7.82. The molecule has 1 heterocycles. The second-order valence-electron chi connectivity index (χ2n) is 7.53.